The zero-order valence-electron chi connectivity index (χ0n) is 19.0. The highest BCUT2D eigenvalue weighted by molar-refractivity contribution is 8.00. The molecule has 0 spiro atoms. The van der Waals surface area contributed by atoms with E-state index in [9.17, 15) is 15.3 Å². The monoisotopic (exact) mass is 474 g/mol. The van der Waals surface area contributed by atoms with Crippen LogP contribution in [0.4, 0.5) is 0 Å². The van der Waals surface area contributed by atoms with Gasteiger partial charge in [-0.15, -0.1) is 11.8 Å². The number of rotatable bonds is 5. The van der Waals surface area contributed by atoms with E-state index >= 15 is 0 Å². The van der Waals surface area contributed by atoms with Gasteiger partial charge in [0, 0.05) is 41.0 Å². The zero-order valence-corrected chi connectivity index (χ0v) is 19.8. The number of amidine groups is 1. The molecule has 3 aromatic carbocycles. The molecule has 6 heteroatoms. The van der Waals surface area contributed by atoms with Gasteiger partial charge >= 0.3 is 0 Å². The Labute approximate surface area is 204 Å². The zero-order chi connectivity index (χ0) is 23.8. The van der Waals surface area contributed by atoms with Crippen LogP contribution < -0.4 is 0 Å². The number of thioether (sulfide) groups is 1. The molecule has 176 valence electrons. The van der Waals surface area contributed by atoms with Gasteiger partial charge in [0.25, 0.3) is 0 Å². The van der Waals surface area contributed by atoms with Gasteiger partial charge in [-0.05, 0) is 42.7 Å². The fraction of sp³-hybridized carbons (Fsp3) is 0.321. The highest BCUT2D eigenvalue weighted by Gasteiger charge is 2.59. The van der Waals surface area contributed by atoms with Crippen LogP contribution in [0.25, 0.3) is 0 Å². The van der Waals surface area contributed by atoms with E-state index in [2.05, 4.69) is 24.3 Å². The van der Waals surface area contributed by atoms with E-state index in [0.29, 0.717) is 31.5 Å². The van der Waals surface area contributed by atoms with Crippen LogP contribution in [0.5, 0.6) is 5.75 Å². The number of benzene rings is 3. The number of aromatic hydroxyl groups is 1. The maximum Gasteiger partial charge on any atom is 0.167 e. The molecule has 1 aliphatic carbocycles. The van der Waals surface area contributed by atoms with Crippen LogP contribution >= 0.6 is 11.8 Å². The largest absolute Gasteiger partial charge is 0.507 e. The van der Waals surface area contributed by atoms with E-state index < -0.39 is 11.7 Å². The summed E-state index contributed by atoms with van der Waals surface area (Å²) < 4.78 is -0.254. The van der Waals surface area contributed by atoms with Gasteiger partial charge < -0.3 is 20.2 Å². The summed E-state index contributed by atoms with van der Waals surface area (Å²) in [5.41, 5.74) is 1.69. The Balaban J connectivity index is 1.52. The van der Waals surface area contributed by atoms with Crippen LogP contribution in [0.15, 0.2) is 89.8 Å². The van der Waals surface area contributed by atoms with Gasteiger partial charge in [-0.1, -0.05) is 60.7 Å². The van der Waals surface area contributed by atoms with Gasteiger partial charge in [0.1, 0.15) is 11.6 Å². The first kappa shape index (κ1) is 23.0. The molecule has 4 N–H and O–H groups in total. The van der Waals surface area contributed by atoms with E-state index in [1.165, 1.54) is 5.56 Å². The lowest BCUT2D eigenvalue weighted by molar-refractivity contribution is -0.226. The van der Waals surface area contributed by atoms with Gasteiger partial charge in [0.05, 0.1) is 5.56 Å². The number of hydrogen-bond donors (Lipinski definition) is 4. The molecule has 5 nitrogen and oxygen atoms in total. The van der Waals surface area contributed by atoms with Crippen molar-refractivity contribution in [3.8, 4) is 5.75 Å². The number of nitrogens with zero attached hydrogens (tertiary/aromatic N) is 1. The minimum atomic E-state index is -1.78. The second-order valence-electron chi connectivity index (χ2n) is 9.50. The highest BCUT2D eigenvalue weighted by Crippen LogP contribution is 2.56. The van der Waals surface area contributed by atoms with Crippen molar-refractivity contribution in [2.75, 3.05) is 13.1 Å². The van der Waals surface area contributed by atoms with E-state index in [1.807, 2.05) is 53.1 Å². The first-order chi connectivity index (χ1) is 16.4. The van der Waals surface area contributed by atoms with Crippen molar-refractivity contribution in [2.45, 2.75) is 34.7 Å². The number of likely N-dealkylation sites (tertiary alicyclic amines) is 1. The number of phenols is 1. The van der Waals surface area contributed by atoms with Crippen LogP contribution in [-0.2, 0) is 6.42 Å². The lowest BCUT2D eigenvalue weighted by atomic mass is 9.68. The Hall–Kier alpha value is -2.80. The Morgan fingerprint density at radius 2 is 1.47 bits per heavy atom. The summed E-state index contributed by atoms with van der Waals surface area (Å²) >= 11 is 1.83. The molecular weight excluding hydrogens is 444 g/mol. The molecule has 2 aliphatic rings. The fourth-order valence-corrected chi connectivity index (χ4v) is 7.24. The molecule has 3 aromatic rings. The summed E-state index contributed by atoms with van der Waals surface area (Å²) in [5.74, 6) is -1.94. The molecule has 1 saturated carbocycles. The molecule has 1 heterocycles. The molecule has 34 heavy (non-hydrogen) atoms. The number of para-hydroxylation sites is 1. The minimum absolute atomic E-state index is 0.0483. The van der Waals surface area contributed by atoms with Gasteiger partial charge in [-0.25, -0.2) is 0 Å². The summed E-state index contributed by atoms with van der Waals surface area (Å²) in [4.78, 5) is 3.07. The standard InChI is InChI=1S/C28H30N2O3S/c29-26(22-13-7-8-14-25(22)31)30-18-23-24(19-30)28(32,33)16-15-27(23,17-20-9-3-1-4-10-20)34-21-11-5-2-6-12-21/h1-14,23-24,29,31-33H,15-19H2/t23-,24+,27?/m1/s1. The number of phenolic OH excluding ortho intramolecular Hbond substituents is 1. The van der Waals surface area contributed by atoms with Crippen molar-refractivity contribution >= 4 is 17.6 Å². The van der Waals surface area contributed by atoms with Crippen LogP contribution in [-0.4, -0.2) is 49.7 Å². The molecule has 0 bridgehead atoms. The second-order valence-corrected chi connectivity index (χ2v) is 11.0. The Morgan fingerprint density at radius 1 is 0.853 bits per heavy atom. The third-order valence-corrected chi connectivity index (χ3v) is 8.96. The molecule has 1 saturated heterocycles. The first-order valence-electron chi connectivity index (χ1n) is 11.7. The molecule has 0 aromatic heterocycles. The summed E-state index contributed by atoms with van der Waals surface area (Å²) in [6.07, 6.45) is 1.76. The predicted octanol–water partition coefficient (Wildman–Crippen LogP) is 4.51. The lowest BCUT2D eigenvalue weighted by Gasteiger charge is -2.49. The summed E-state index contributed by atoms with van der Waals surface area (Å²) in [6, 6.07) is 27.6. The Bertz CT molecular complexity index is 1110. The van der Waals surface area contributed by atoms with E-state index in [1.54, 1.807) is 24.3 Å². The van der Waals surface area contributed by atoms with Gasteiger partial charge in [0.15, 0.2) is 5.79 Å². The normalized spacial score (nSPS) is 25.6. The highest BCUT2D eigenvalue weighted by atomic mass is 32.2. The Kier molecular flexibility index (Phi) is 6.15. The van der Waals surface area contributed by atoms with Crippen LogP contribution in [0, 0.1) is 17.2 Å². The smallest absolute Gasteiger partial charge is 0.167 e. The SMILES string of the molecule is N=C(c1ccccc1O)N1C[C@@H]2[C@H](C1)C(O)(O)CCC2(Cc1ccccc1)Sc1ccccc1. The number of nitrogens with one attached hydrogen (secondary N) is 1. The molecular formula is C28H30N2O3S. The third kappa shape index (κ3) is 4.33. The summed E-state index contributed by atoms with van der Waals surface area (Å²) in [7, 11) is 0. The first-order valence-corrected chi connectivity index (χ1v) is 12.5. The average Bonchev–Trinajstić information content (AvgIpc) is 3.31. The van der Waals surface area contributed by atoms with E-state index in [0.717, 1.165) is 11.3 Å². The van der Waals surface area contributed by atoms with Crippen LogP contribution in [0.1, 0.15) is 24.0 Å². The van der Waals surface area contributed by atoms with Crippen molar-refractivity contribution in [1.29, 1.82) is 5.41 Å². The quantitative estimate of drug-likeness (QED) is 0.248. The molecule has 1 unspecified atom stereocenters. The van der Waals surface area contributed by atoms with Gasteiger partial charge in [-0.3, -0.25) is 5.41 Å². The third-order valence-electron chi connectivity index (χ3n) is 7.39. The predicted molar refractivity (Wildman–Crippen MR) is 135 cm³/mol. The van der Waals surface area contributed by atoms with Crippen molar-refractivity contribution in [3.05, 3.63) is 96.1 Å². The van der Waals surface area contributed by atoms with Crippen LogP contribution in [0.2, 0.25) is 0 Å². The fourth-order valence-electron chi connectivity index (χ4n) is 5.65. The summed E-state index contributed by atoms with van der Waals surface area (Å²) in [5, 5.41) is 41.2. The van der Waals surface area contributed by atoms with Gasteiger partial charge in [0.2, 0.25) is 0 Å². The topological polar surface area (TPSA) is 87.8 Å². The molecule has 0 amide bonds. The molecule has 0 radical (unpaired) electrons. The lowest BCUT2D eigenvalue weighted by Crippen LogP contribution is -2.55. The van der Waals surface area contributed by atoms with Gasteiger partial charge in [-0.2, -0.15) is 0 Å². The van der Waals surface area contributed by atoms with Crippen molar-refractivity contribution < 1.29 is 15.3 Å². The van der Waals surface area contributed by atoms with Crippen molar-refractivity contribution in [3.63, 3.8) is 0 Å². The maximum atomic E-state index is 11.0. The number of fused-ring (bicyclic) bond motifs is 1. The molecule has 5 rings (SSSR count). The Morgan fingerprint density at radius 3 is 2.18 bits per heavy atom. The summed E-state index contributed by atoms with van der Waals surface area (Å²) in [6.45, 7) is 0.907. The molecule has 2 fully saturated rings. The minimum Gasteiger partial charge on any atom is -0.507 e. The van der Waals surface area contributed by atoms with E-state index in [4.69, 9.17) is 5.41 Å². The average molecular weight is 475 g/mol. The van der Waals surface area contributed by atoms with Crippen molar-refractivity contribution in [2.24, 2.45) is 11.8 Å². The van der Waals surface area contributed by atoms with Crippen molar-refractivity contribution in [1.82, 2.24) is 4.90 Å². The second kappa shape index (κ2) is 9.10. The molecule has 3 atom stereocenters. The number of hydrogen-bond acceptors (Lipinski definition) is 5. The number of aliphatic hydroxyl groups is 2. The molecule has 1 aliphatic heterocycles. The maximum absolute atomic E-state index is 11.0. The van der Waals surface area contributed by atoms with Crippen LogP contribution in [0.3, 0.4) is 0 Å². The van der Waals surface area contributed by atoms with E-state index in [-0.39, 0.29) is 22.3 Å².